The summed E-state index contributed by atoms with van der Waals surface area (Å²) in [4.78, 5) is 15.0. The number of carbonyl (C=O) groups is 1. The summed E-state index contributed by atoms with van der Waals surface area (Å²) in [7, 11) is 1.61. The Labute approximate surface area is 89.1 Å². The molecule has 0 saturated heterocycles. The molecule has 1 amide bonds. The van der Waals surface area contributed by atoms with Crippen molar-refractivity contribution in [1.29, 1.82) is 0 Å². The van der Waals surface area contributed by atoms with Crippen LogP contribution < -0.4 is 10.6 Å². The largest absolute Gasteiger partial charge is 0.358 e. The van der Waals surface area contributed by atoms with Crippen LogP contribution in [0.4, 0.5) is 0 Å². The van der Waals surface area contributed by atoms with Crippen LogP contribution in [-0.4, -0.2) is 34.3 Å². The molecule has 0 spiro atoms. The Balaban J connectivity index is 2.36. The van der Waals surface area contributed by atoms with E-state index in [0.29, 0.717) is 13.1 Å². The molecule has 0 fully saturated rings. The van der Waals surface area contributed by atoms with Crippen molar-refractivity contribution in [3.63, 3.8) is 0 Å². The molecule has 0 radical (unpaired) electrons. The summed E-state index contributed by atoms with van der Waals surface area (Å²) in [6.45, 7) is 3.81. The minimum absolute atomic E-state index is 0.0310. The average molecular weight is 211 g/mol. The van der Waals surface area contributed by atoms with Gasteiger partial charge in [0.1, 0.15) is 12.2 Å². The summed E-state index contributed by atoms with van der Waals surface area (Å²) in [5.74, 6) is 0.831. The minimum Gasteiger partial charge on any atom is -0.358 e. The number of amides is 1. The van der Waals surface area contributed by atoms with Crippen LogP contribution in [0.3, 0.4) is 0 Å². The van der Waals surface area contributed by atoms with Crippen molar-refractivity contribution in [3.05, 3.63) is 12.2 Å². The van der Waals surface area contributed by atoms with Crippen molar-refractivity contribution < 1.29 is 4.79 Å². The van der Waals surface area contributed by atoms with E-state index in [-0.39, 0.29) is 5.91 Å². The Morgan fingerprint density at radius 2 is 2.40 bits per heavy atom. The fourth-order valence-electron chi connectivity index (χ4n) is 1.20. The Hall–Kier alpha value is -1.43. The molecule has 0 aliphatic heterocycles. The number of aromatic nitrogens is 3. The van der Waals surface area contributed by atoms with Gasteiger partial charge < -0.3 is 10.6 Å². The molecule has 0 bridgehead atoms. The lowest BCUT2D eigenvalue weighted by Gasteiger charge is -2.05. The van der Waals surface area contributed by atoms with Crippen molar-refractivity contribution in [3.8, 4) is 0 Å². The molecule has 1 heterocycles. The number of rotatable bonds is 6. The Bertz CT molecular complexity index is 309. The van der Waals surface area contributed by atoms with E-state index in [1.165, 1.54) is 6.33 Å². The molecule has 2 N–H and O–H groups in total. The van der Waals surface area contributed by atoms with Crippen molar-refractivity contribution in [2.45, 2.75) is 26.4 Å². The first-order valence-electron chi connectivity index (χ1n) is 5.06. The lowest BCUT2D eigenvalue weighted by molar-refractivity contribution is -0.119. The molecule has 1 aromatic rings. The summed E-state index contributed by atoms with van der Waals surface area (Å²) in [5, 5.41) is 9.63. The highest BCUT2D eigenvalue weighted by Gasteiger charge is 2.03. The summed E-state index contributed by atoms with van der Waals surface area (Å²) in [5.41, 5.74) is 0. The molecular formula is C9H17N5O. The van der Waals surface area contributed by atoms with Gasteiger partial charge in [-0.15, -0.1) is 0 Å². The highest BCUT2D eigenvalue weighted by Crippen LogP contribution is 1.94. The second-order valence-electron chi connectivity index (χ2n) is 3.18. The van der Waals surface area contributed by atoms with Crippen LogP contribution in [0.25, 0.3) is 0 Å². The zero-order valence-corrected chi connectivity index (χ0v) is 9.16. The molecule has 6 nitrogen and oxygen atoms in total. The maximum Gasteiger partial charge on any atom is 0.233 e. The molecule has 6 heteroatoms. The fraction of sp³-hybridized carbons (Fsp3) is 0.667. The Kier molecular flexibility index (Phi) is 4.76. The third-order valence-electron chi connectivity index (χ3n) is 1.98. The van der Waals surface area contributed by atoms with Crippen LogP contribution in [-0.2, 0) is 17.9 Å². The summed E-state index contributed by atoms with van der Waals surface area (Å²) in [6, 6.07) is 0. The van der Waals surface area contributed by atoms with Gasteiger partial charge >= 0.3 is 0 Å². The maximum atomic E-state index is 10.9. The molecule has 15 heavy (non-hydrogen) atoms. The molecule has 0 aliphatic carbocycles. The molecule has 0 atom stereocenters. The number of aryl methyl sites for hydroxylation is 1. The first-order valence-corrected chi connectivity index (χ1v) is 5.06. The highest BCUT2D eigenvalue weighted by molar-refractivity contribution is 5.77. The number of hydrogen-bond acceptors (Lipinski definition) is 4. The third kappa shape index (κ3) is 3.67. The normalized spacial score (nSPS) is 10.3. The number of likely N-dealkylation sites (N-methyl/N-ethyl adjacent to an activating group) is 1. The van der Waals surface area contributed by atoms with Crippen LogP contribution in [0.2, 0.25) is 0 Å². The molecule has 1 rings (SSSR count). The fourth-order valence-corrected chi connectivity index (χ4v) is 1.20. The van der Waals surface area contributed by atoms with E-state index in [1.54, 1.807) is 7.05 Å². The topological polar surface area (TPSA) is 71.8 Å². The van der Waals surface area contributed by atoms with E-state index in [2.05, 4.69) is 27.6 Å². The number of carbonyl (C=O) groups excluding carboxylic acids is 1. The second-order valence-corrected chi connectivity index (χ2v) is 3.18. The van der Waals surface area contributed by atoms with E-state index in [4.69, 9.17) is 0 Å². The van der Waals surface area contributed by atoms with Gasteiger partial charge in [-0.2, -0.15) is 5.10 Å². The molecule has 1 aromatic heterocycles. The highest BCUT2D eigenvalue weighted by atomic mass is 16.1. The number of nitrogens with zero attached hydrogens (tertiary/aromatic N) is 3. The van der Waals surface area contributed by atoms with Gasteiger partial charge in [0, 0.05) is 13.6 Å². The van der Waals surface area contributed by atoms with Gasteiger partial charge in [-0.1, -0.05) is 6.92 Å². The Morgan fingerprint density at radius 3 is 3.07 bits per heavy atom. The maximum absolute atomic E-state index is 10.9. The standard InChI is InChI=1S/C9H17N5O/c1-3-4-14-8(12-7-13-14)5-11-6-9(15)10-2/h7,11H,3-6H2,1-2H3,(H,10,15). The first-order chi connectivity index (χ1) is 7.27. The zero-order valence-electron chi connectivity index (χ0n) is 9.16. The Morgan fingerprint density at radius 1 is 1.60 bits per heavy atom. The third-order valence-corrected chi connectivity index (χ3v) is 1.98. The lowest BCUT2D eigenvalue weighted by atomic mass is 10.4. The van der Waals surface area contributed by atoms with Crippen molar-refractivity contribution >= 4 is 5.91 Å². The van der Waals surface area contributed by atoms with E-state index < -0.39 is 0 Å². The van der Waals surface area contributed by atoms with Crippen LogP contribution in [0, 0.1) is 0 Å². The SMILES string of the molecule is CCCn1ncnc1CNCC(=O)NC. The average Bonchev–Trinajstić information content (AvgIpc) is 2.66. The minimum atomic E-state index is -0.0310. The molecular weight excluding hydrogens is 194 g/mol. The van der Waals surface area contributed by atoms with Gasteiger partial charge in [-0.05, 0) is 6.42 Å². The van der Waals surface area contributed by atoms with Gasteiger partial charge in [0.2, 0.25) is 5.91 Å². The monoisotopic (exact) mass is 211 g/mol. The molecule has 0 unspecified atom stereocenters. The summed E-state index contributed by atoms with van der Waals surface area (Å²) in [6.07, 6.45) is 2.55. The van der Waals surface area contributed by atoms with E-state index >= 15 is 0 Å². The van der Waals surface area contributed by atoms with Crippen molar-refractivity contribution in [1.82, 2.24) is 25.4 Å². The summed E-state index contributed by atoms with van der Waals surface area (Å²) < 4.78 is 1.84. The van der Waals surface area contributed by atoms with Crippen LogP contribution >= 0.6 is 0 Å². The van der Waals surface area contributed by atoms with Gasteiger partial charge in [0.25, 0.3) is 0 Å². The number of hydrogen-bond donors (Lipinski definition) is 2. The first kappa shape index (κ1) is 11.6. The van der Waals surface area contributed by atoms with E-state index in [9.17, 15) is 4.79 Å². The van der Waals surface area contributed by atoms with Gasteiger partial charge in [0.05, 0.1) is 13.1 Å². The predicted molar refractivity (Wildman–Crippen MR) is 56.1 cm³/mol. The zero-order chi connectivity index (χ0) is 11.1. The molecule has 0 aromatic carbocycles. The van der Waals surface area contributed by atoms with Crippen molar-refractivity contribution in [2.24, 2.45) is 0 Å². The molecule has 84 valence electrons. The quantitative estimate of drug-likeness (QED) is 0.667. The van der Waals surface area contributed by atoms with Crippen LogP contribution in [0.1, 0.15) is 19.2 Å². The molecule has 0 aliphatic rings. The van der Waals surface area contributed by atoms with Crippen molar-refractivity contribution in [2.75, 3.05) is 13.6 Å². The van der Waals surface area contributed by atoms with Crippen LogP contribution in [0.5, 0.6) is 0 Å². The van der Waals surface area contributed by atoms with Gasteiger partial charge in [-0.25, -0.2) is 9.67 Å². The second kappa shape index (κ2) is 6.13. The predicted octanol–water partition coefficient (Wildman–Crippen LogP) is -0.476. The smallest absolute Gasteiger partial charge is 0.233 e. The lowest BCUT2D eigenvalue weighted by Crippen LogP contribution is -2.31. The van der Waals surface area contributed by atoms with E-state index in [1.807, 2.05) is 4.68 Å². The van der Waals surface area contributed by atoms with Gasteiger partial charge in [-0.3, -0.25) is 4.79 Å². The van der Waals surface area contributed by atoms with E-state index in [0.717, 1.165) is 18.8 Å². The molecule has 0 saturated carbocycles. The van der Waals surface area contributed by atoms with Gasteiger partial charge in [0.15, 0.2) is 0 Å². The van der Waals surface area contributed by atoms with Crippen LogP contribution in [0.15, 0.2) is 6.33 Å². The number of nitrogens with one attached hydrogen (secondary N) is 2. The summed E-state index contributed by atoms with van der Waals surface area (Å²) >= 11 is 0.